The summed E-state index contributed by atoms with van der Waals surface area (Å²) in [4.78, 5) is 25.7. The van der Waals surface area contributed by atoms with Crippen LogP contribution in [0.25, 0.3) is 5.69 Å². The highest BCUT2D eigenvalue weighted by Gasteiger charge is 2.35. The zero-order valence-corrected chi connectivity index (χ0v) is 20.5. The normalized spacial score (nSPS) is 15.1. The van der Waals surface area contributed by atoms with Crippen molar-refractivity contribution in [2.24, 2.45) is 5.10 Å². The predicted octanol–water partition coefficient (Wildman–Crippen LogP) is 5.27. The first-order valence-corrected chi connectivity index (χ1v) is 11.8. The molecule has 8 nitrogen and oxygen atoms in total. The SMILES string of the molecule is Cc1cc(C)n(-c2ccc(C(=O)OCC(=O)N3N=C(c4ccc(Cl)cc4)CC3c3ccco3)cc2)n1. The van der Waals surface area contributed by atoms with E-state index in [0.717, 1.165) is 22.6 Å². The quantitative estimate of drug-likeness (QED) is 0.335. The maximum absolute atomic E-state index is 13.1. The number of amides is 1. The van der Waals surface area contributed by atoms with Gasteiger partial charge >= 0.3 is 5.97 Å². The average molecular weight is 503 g/mol. The molecule has 1 unspecified atom stereocenters. The Balaban J connectivity index is 1.28. The molecule has 1 amide bonds. The second-order valence-corrected chi connectivity index (χ2v) is 8.93. The van der Waals surface area contributed by atoms with Crippen LogP contribution in [0, 0.1) is 13.8 Å². The first-order valence-electron chi connectivity index (χ1n) is 11.4. The minimum atomic E-state index is -0.598. The fourth-order valence-corrected chi connectivity index (χ4v) is 4.29. The molecule has 3 heterocycles. The molecule has 0 radical (unpaired) electrons. The molecular weight excluding hydrogens is 480 g/mol. The van der Waals surface area contributed by atoms with Crippen LogP contribution in [-0.2, 0) is 9.53 Å². The summed E-state index contributed by atoms with van der Waals surface area (Å²) in [5.74, 6) is -0.450. The summed E-state index contributed by atoms with van der Waals surface area (Å²) in [6, 6.07) is 19.2. The van der Waals surface area contributed by atoms with Gasteiger partial charge in [-0.25, -0.2) is 14.5 Å². The van der Waals surface area contributed by atoms with Crippen LogP contribution >= 0.6 is 11.6 Å². The van der Waals surface area contributed by atoms with Crippen LogP contribution in [0.3, 0.4) is 0 Å². The predicted molar refractivity (Wildman–Crippen MR) is 134 cm³/mol. The molecule has 0 N–H and O–H groups in total. The maximum Gasteiger partial charge on any atom is 0.338 e. The summed E-state index contributed by atoms with van der Waals surface area (Å²) in [7, 11) is 0. The van der Waals surface area contributed by atoms with Crippen LogP contribution in [0.15, 0.2) is 82.5 Å². The number of furan rings is 1. The van der Waals surface area contributed by atoms with Crippen molar-refractivity contribution in [1.29, 1.82) is 0 Å². The molecule has 0 spiro atoms. The topological polar surface area (TPSA) is 89.9 Å². The van der Waals surface area contributed by atoms with Crippen LogP contribution in [-0.4, -0.2) is 39.0 Å². The van der Waals surface area contributed by atoms with Gasteiger partial charge < -0.3 is 9.15 Å². The number of esters is 1. The molecule has 4 aromatic rings. The minimum Gasteiger partial charge on any atom is -0.467 e. The zero-order valence-electron chi connectivity index (χ0n) is 19.7. The number of ether oxygens (including phenoxy) is 1. The monoisotopic (exact) mass is 502 g/mol. The van der Waals surface area contributed by atoms with Crippen molar-refractivity contribution >= 4 is 29.2 Å². The third kappa shape index (κ3) is 4.81. The number of benzene rings is 2. The summed E-state index contributed by atoms with van der Waals surface area (Å²) in [5, 5.41) is 10.9. The number of aryl methyl sites for hydroxylation is 2. The van der Waals surface area contributed by atoms with Crippen molar-refractivity contribution in [3.8, 4) is 5.69 Å². The van der Waals surface area contributed by atoms with Gasteiger partial charge in [-0.15, -0.1) is 0 Å². The Kier molecular flexibility index (Phi) is 6.43. The van der Waals surface area contributed by atoms with Crippen molar-refractivity contribution in [3.05, 3.63) is 106 Å². The van der Waals surface area contributed by atoms with E-state index in [1.165, 1.54) is 5.01 Å². The fourth-order valence-electron chi connectivity index (χ4n) is 4.17. The van der Waals surface area contributed by atoms with E-state index in [4.69, 9.17) is 20.8 Å². The Morgan fingerprint density at radius 1 is 1.08 bits per heavy atom. The van der Waals surface area contributed by atoms with Crippen molar-refractivity contribution in [2.75, 3.05) is 6.61 Å². The van der Waals surface area contributed by atoms with Gasteiger partial charge in [0.05, 0.1) is 28.9 Å². The lowest BCUT2D eigenvalue weighted by Gasteiger charge is -2.19. The molecule has 0 bridgehead atoms. The van der Waals surface area contributed by atoms with Crippen LogP contribution < -0.4 is 0 Å². The van der Waals surface area contributed by atoms with E-state index in [-0.39, 0.29) is 0 Å². The van der Waals surface area contributed by atoms with E-state index in [1.54, 1.807) is 59.5 Å². The van der Waals surface area contributed by atoms with Gasteiger partial charge in [0.15, 0.2) is 6.61 Å². The number of hydrogen-bond acceptors (Lipinski definition) is 6. The number of rotatable bonds is 6. The van der Waals surface area contributed by atoms with Crippen molar-refractivity contribution in [1.82, 2.24) is 14.8 Å². The van der Waals surface area contributed by atoms with Crippen LogP contribution in [0.4, 0.5) is 0 Å². The summed E-state index contributed by atoms with van der Waals surface area (Å²) in [5.41, 5.74) is 4.63. The molecular formula is C27H23ClN4O4. The molecule has 0 fully saturated rings. The van der Waals surface area contributed by atoms with E-state index in [9.17, 15) is 9.59 Å². The molecule has 1 aliphatic heterocycles. The molecule has 0 saturated carbocycles. The molecule has 9 heteroatoms. The van der Waals surface area contributed by atoms with Gasteiger partial charge in [-0.1, -0.05) is 23.7 Å². The van der Waals surface area contributed by atoms with Gasteiger partial charge in [0.1, 0.15) is 11.8 Å². The van der Waals surface area contributed by atoms with Gasteiger partial charge in [0.2, 0.25) is 0 Å². The van der Waals surface area contributed by atoms with Crippen molar-refractivity contribution in [3.63, 3.8) is 0 Å². The number of carbonyl (C=O) groups excluding carboxylic acids is 2. The number of hydrazone groups is 1. The molecule has 0 saturated heterocycles. The lowest BCUT2D eigenvalue weighted by molar-refractivity contribution is -0.136. The smallest absolute Gasteiger partial charge is 0.338 e. The lowest BCUT2D eigenvalue weighted by atomic mass is 10.0. The Morgan fingerprint density at radius 2 is 1.83 bits per heavy atom. The minimum absolute atomic E-state index is 0.336. The van der Waals surface area contributed by atoms with E-state index in [1.807, 2.05) is 32.0 Å². The summed E-state index contributed by atoms with van der Waals surface area (Å²) in [6.45, 7) is 3.43. The number of halogens is 1. The third-order valence-electron chi connectivity index (χ3n) is 5.90. The zero-order chi connectivity index (χ0) is 25.2. The number of nitrogens with zero attached hydrogens (tertiary/aromatic N) is 4. The van der Waals surface area contributed by atoms with E-state index in [2.05, 4.69) is 10.2 Å². The molecule has 2 aromatic heterocycles. The Labute approximate surface area is 212 Å². The first-order chi connectivity index (χ1) is 17.4. The Bertz CT molecular complexity index is 1420. The molecule has 2 aromatic carbocycles. The molecule has 1 aliphatic rings. The average Bonchev–Trinajstić information content (AvgIpc) is 3.63. The van der Waals surface area contributed by atoms with Gasteiger partial charge in [0.25, 0.3) is 5.91 Å². The van der Waals surface area contributed by atoms with Crippen LogP contribution in [0.2, 0.25) is 5.02 Å². The van der Waals surface area contributed by atoms with Gasteiger partial charge in [0, 0.05) is 17.1 Å². The first kappa shape index (κ1) is 23.6. The third-order valence-corrected chi connectivity index (χ3v) is 6.15. The summed E-state index contributed by atoms with van der Waals surface area (Å²) < 4.78 is 12.7. The van der Waals surface area contributed by atoms with Crippen molar-refractivity contribution in [2.45, 2.75) is 26.3 Å². The highest BCUT2D eigenvalue weighted by atomic mass is 35.5. The van der Waals surface area contributed by atoms with Crippen LogP contribution in [0.1, 0.15) is 45.5 Å². The lowest BCUT2D eigenvalue weighted by Crippen LogP contribution is -2.31. The molecule has 0 aliphatic carbocycles. The van der Waals surface area contributed by atoms with Crippen LogP contribution in [0.5, 0.6) is 0 Å². The Hall–Kier alpha value is -4.17. The van der Waals surface area contributed by atoms with Gasteiger partial charge in [-0.05, 0) is 74.0 Å². The second kappa shape index (κ2) is 9.83. The largest absolute Gasteiger partial charge is 0.467 e. The van der Waals surface area contributed by atoms with Gasteiger partial charge in [-0.2, -0.15) is 10.2 Å². The summed E-state index contributed by atoms with van der Waals surface area (Å²) in [6.07, 6.45) is 2.01. The maximum atomic E-state index is 13.1. The molecule has 182 valence electrons. The highest BCUT2D eigenvalue weighted by molar-refractivity contribution is 6.30. The number of carbonyl (C=O) groups is 2. The van der Waals surface area contributed by atoms with E-state index in [0.29, 0.717) is 28.5 Å². The van der Waals surface area contributed by atoms with Gasteiger partial charge in [-0.3, -0.25) is 4.79 Å². The van der Waals surface area contributed by atoms with Crippen molar-refractivity contribution < 1.29 is 18.7 Å². The molecule has 36 heavy (non-hydrogen) atoms. The summed E-state index contributed by atoms with van der Waals surface area (Å²) >= 11 is 6.00. The molecule has 5 rings (SSSR count). The molecule has 1 atom stereocenters. The highest BCUT2D eigenvalue weighted by Crippen LogP contribution is 2.33. The second-order valence-electron chi connectivity index (χ2n) is 8.49. The standard InChI is InChI=1S/C27H23ClN4O4/c1-17-14-18(2)31(29-17)22-11-7-20(8-12-22)27(34)36-16-26(33)32-24(25-4-3-13-35-25)15-23(30-32)19-5-9-21(28)10-6-19/h3-14,24H,15-16H2,1-2H3. The fraction of sp³-hybridized carbons (Fsp3) is 0.185. The van der Waals surface area contributed by atoms with E-state index < -0.39 is 24.5 Å². The number of hydrogen-bond donors (Lipinski definition) is 0. The van der Waals surface area contributed by atoms with E-state index >= 15 is 0 Å². The Morgan fingerprint density at radius 3 is 2.47 bits per heavy atom. The number of aromatic nitrogens is 2.